The lowest BCUT2D eigenvalue weighted by atomic mass is 10.2. The Bertz CT molecular complexity index is 203. The van der Waals surface area contributed by atoms with Crippen LogP contribution in [0.15, 0.2) is 0 Å². The largest absolute Gasteiger partial charge is 0.465 e. The Morgan fingerprint density at radius 1 is 1.50 bits per heavy atom. The number of carbonyl (C=O) groups is 2. The molecule has 1 amide bonds. The molecule has 5 heteroatoms. The van der Waals surface area contributed by atoms with E-state index in [0.717, 1.165) is 0 Å². The second-order valence-corrected chi connectivity index (χ2v) is 3.11. The summed E-state index contributed by atoms with van der Waals surface area (Å²) >= 11 is 0. The molecule has 0 aromatic heterocycles. The van der Waals surface area contributed by atoms with Crippen LogP contribution in [0.3, 0.4) is 0 Å². The Hall–Kier alpha value is -1.10. The smallest absolute Gasteiger partial charge is 0.325 e. The fourth-order valence-electron chi connectivity index (χ4n) is 0.897. The summed E-state index contributed by atoms with van der Waals surface area (Å²) in [6.07, 6.45) is -0.664. The Morgan fingerprint density at radius 2 is 2.07 bits per heavy atom. The summed E-state index contributed by atoms with van der Waals surface area (Å²) < 4.78 is 4.67. The summed E-state index contributed by atoms with van der Waals surface area (Å²) in [7, 11) is 1.50. The quantitative estimate of drug-likeness (QED) is 0.627. The lowest BCUT2D eigenvalue weighted by Crippen LogP contribution is -2.34. The van der Waals surface area contributed by atoms with Gasteiger partial charge in [-0.2, -0.15) is 0 Å². The number of ether oxygens (including phenoxy) is 1. The van der Waals surface area contributed by atoms with Crippen molar-refractivity contribution in [2.45, 2.75) is 26.4 Å². The van der Waals surface area contributed by atoms with Gasteiger partial charge in [0.15, 0.2) is 0 Å². The summed E-state index contributed by atoms with van der Waals surface area (Å²) in [6.45, 7) is 3.46. The van der Waals surface area contributed by atoms with Crippen molar-refractivity contribution in [1.82, 2.24) is 4.90 Å². The van der Waals surface area contributed by atoms with Gasteiger partial charge in [0.05, 0.1) is 19.1 Å². The number of carbonyl (C=O) groups excluding carboxylic acids is 2. The van der Waals surface area contributed by atoms with Gasteiger partial charge in [-0.1, -0.05) is 0 Å². The van der Waals surface area contributed by atoms with Crippen molar-refractivity contribution in [3.05, 3.63) is 0 Å². The SMILES string of the molecule is CCOC(=O)CN(C)C(=O)C[C@@H](C)O. The molecule has 0 aromatic rings. The first-order valence-electron chi connectivity index (χ1n) is 4.55. The maximum atomic E-state index is 11.3. The van der Waals surface area contributed by atoms with Crippen LogP contribution in [-0.2, 0) is 14.3 Å². The van der Waals surface area contributed by atoms with Crippen molar-refractivity contribution in [2.24, 2.45) is 0 Å². The van der Waals surface area contributed by atoms with Crippen molar-refractivity contribution in [3.8, 4) is 0 Å². The van der Waals surface area contributed by atoms with Crippen LogP contribution in [0.5, 0.6) is 0 Å². The molecule has 0 aliphatic carbocycles. The van der Waals surface area contributed by atoms with Gasteiger partial charge in [-0.25, -0.2) is 0 Å². The summed E-state index contributed by atoms with van der Waals surface area (Å²) in [5, 5.41) is 8.95. The molecule has 0 aromatic carbocycles. The highest BCUT2D eigenvalue weighted by Crippen LogP contribution is 1.96. The average molecular weight is 203 g/mol. The van der Waals surface area contributed by atoms with Crippen LogP contribution < -0.4 is 0 Å². The fraction of sp³-hybridized carbons (Fsp3) is 0.778. The number of amides is 1. The van der Waals surface area contributed by atoms with E-state index < -0.39 is 12.1 Å². The summed E-state index contributed by atoms with van der Waals surface area (Å²) in [5.41, 5.74) is 0. The lowest BCUT2D eigenvalue weighted by Gasteiger charge is -2.16. The molecular weight excluding hydrogens is 186 g/mol. The van der Waals surface area contributed by atoms with Gasteiger partial charge in [0.25, 0.3) is 0 Å². The minimum Gasteiger partial charge on any atom is -0.465 e. The molecule has 82 valence electrons. The molecule has 0 radical (unpaired) electrons. The van der Waals surface area contributed by atoms with Crippen LogP contribution in [0, 0.1) is 0 Å². The van der Waals surface area contributed by atoms with Gasteiger partial charge in [-0.15, -0.1) is 0 Å². The molecule has 0 aliphatic heterocycles. The van der Waals surface area contributed by atoms with E-state index in [1.807, 2.05) is 0 Å². The number of hydrogen-bond acceptors (Lipinski definition) is 4. The molecule has 0 spiro atoms. The van der Waals surface area contributed by atoms with E-state index in [4.69, 9.17) is 5.11 Å². The number of aliphatic hydroxyl groups is 1. The maximum Gasteiger partial charge on any atom is 0.325 e. The molecule has 0 unspecified atom stereocenters. The van der Waals surface area contributed by atoms with Gasteiger partial charge in [0.1, 0.15) is 6.54 Å². The van der Waals surface area contributed by atoms with Crippen LogP contribution >= 0.6 is 0 Å². The third-order valence-corrected chi connectivity index (χ3v) is 1.57. The second-order valence-electron chi connectivity index (χ2n) is 3.11. The van der Waals surface area contributed by atoms with Crippen LogP contribution in [0.2, 0.25) is 0 Å². The fourth-order valence-corrected chi connectivity index (χ4v) is 0.897. The highest BCUT2D eigenvalue weighted by molar-refractivity contribution is 5.82. The average Bonchev–Trinajstić information content (AvgIpc) is 2.02. The molecule has 0 aliphatic rings. The normalized spacial score (nSPS) is 12.0. The van der Waals surface area contributed by atoms with Gasteiger partial charge in [0, 0.05) is 7.05 Å². The van der Waals surface area contributed by atoms with E-state index in [2.05, 4.69) is 4.74 Å². The maximum absolute atomic E-state index is 11.3. The molecule has 0 heterocycles. The van der Waals surface area contributed by atoms with E-state index in [1.54, 1.807) is 6.92 Å². The predicted octanol–water partition coefficient (Wildman–Crippen LogP) is -0.221. The summed E-state index contributed by atoms with van der Waals surface area (Å²) in [5.74, 6) is -0.706. The minimum atomic E-state index is -0.688. The van der Waals surface area contributed by atoms with E-state index in [0.29, 0.717) is 6.61 Å². The number of likely N-dealkylation sites (N-methyl/N-ethyl adjacent to an activating group) is 1. The minimum absolute atomic E-state index is 0.0237. The third-order valence-electron chi connectivity index (χ3n) is 1.57. The monoisotopic (exact) mass is 203 g/mol. The first kappa shape index (κ1) is 12.9. The van der Waals surface area contributed by atoms with E-state index in [1.165, 1.54) is 18.9 Å². The van der Waals surface area contributed by atoms with Crippen molar-refractivity contribution >= 4 is 11.9 Å². The topological polar surface area (TPSA) is 66.8 Å². The number of esters is 1. The molecule has 0 saturated heterocycles. The van der Waals surface area contributed by atoms with E-state index in [9.17, 15) is 9.59 Å². The van der Waals surface area contributed by atoms with Gasteiger partial charge >= 0.3 is 5.97 Å². The highest BCUT2D eigenvalue weighted by Gasteiger charge is 2.14. The molecule has 5 nitrogen and oxygen atoms in total. The third kappa shape index (κ3) is 5.53. The zero-order chi connectivity index (χ0) is 11.1. The van der Waals surface area contributed by atoms with Gasteiger partial charge < -0.3 is 14.7 Å². The lowest BCUT2D eigenvalue weighted by molar-refractivity contribution is -0.148. The van der Waals surface area contributed by atoms with Crippen LogP contribution in [0.4, 0.5) is 0 Å². The molecule has 0 fully saturated rings. The van der Waals surface area contributed by atoms with Crippen molar-refractivity contribution < 1.29 is 19.4 Å². The second kappa shape index (κ2) is 6.37. The molecule has 1 atom stereocenters. The number of rotatable bonds is 5. The van der Waals surface area contributed by atoms with Crippen molar-refractivity contribution in [3.63, 3.8) is 0 Å². The predicted molar refractivity (Wildman–Crippen MR) is 50.6 cm³/mol. The first-order chi connectivity index (χ1) is 6.47. The zero-order valence-corrected chi connectivity index (χ0v) is 8.82. The van der Waals surface area contributed by atoms with Gasteiger partial charge in [-0.3, -0.25) is 9.59 Å². The summed E-state index contributed by atoms with van der Waals surface area (Å²) in [4.78, 5) is 23.5. The van der Waals surface area contributed by atoms with Crippen LogP contribution in [-0.4, -0.2) is 48.2 Å². The Labute approximate surface area is 83.6 Å². The van der Waals surface area contributed by atoms with Crippen LogP contribution in [0.1, 0.15) is 20.3 Å². The standard InChI is InChI=1S/C9H17NO4/c1-4-14-9(13)6-10(3)8(12)5-7(2)11/h7,11H,4-6H2,1-3H3/t7-/m1/s1. The molecular formula is C9H17NO4. The number of hydrogen-bond donors (Lipinski definition) is 1. The Balaban J connectivity index is 3.88. The van der Waals surface area contributed by atoms with Crippen LogP contribution in [0.25, 0.3) is 0 Å². The van der Waals surface area contributed by atoms with Crippen molar-refractivity contribution in [1.29, 1.82) is 0 Å². The molecule has 0 bridgehead atoms. The van der Waals surface area contributed by atoms with E-state index in [-0.39, 0.29) is 18.9 Å². The molecule has 0 saturated carbocycles. The molecule has 1 N–H and O–H groups in total. The van der Waals surface area contributed by atoms with Gasteiger partial charge in [0.2, 0.25) is 5.91 Å². The molecule has 0 rings (SSSR count). The van der Waals surface area contributed by atoms with Gasteiger partial charge in [-0.05, 0) is 13.8 Å². The zero-order valence-electron chi connectivity index (χ0n) is 8.82. The first-order valence-corrected chi connectivity index (χ1v) is 4.55. The van der Waals surface area contributed by atoms with E-state index >= 15 is 0 Å². The highest BCUT2D eigenvalue weighted by atomic mass is 16.5. The Kier molecular flexibility index (Phi) is 5.87. The van der Waals surface area contributed by atoms with Crippen molar-refractivity contribution in [2.75, 3.05) is 20.2 Å². The summed E-state index contributed by atoms with van der Waals surface area (Å²) in [6, 6.07) is 0. The number of aliphatic hydroxyl groups excluding tert-OH is 1. The molecule has 14 heavy (non-hydrogen) atoms. The Morgan fingerprint density at radius 3 is 2.50 bits per heavy atom. The number of nitrogens with zero attached hydrogens (tertiary/aromatic N) is 1.